The Labute approximate surface area is 180 Å². The second-order valence-electron chi connectivity index (χ2n) is 6.57. The van der Waals surface area contributed by atoms with E-state index < -0.39 is 0 Å². The molecule has 1 aliphatic rings. The first-order chi connectivity index (χ1) is 14.3. The number of halogens is 1. The lowest BCUT2D eigenvalue weighted by Gasteiger charge is -2.18. The van der Waals surface area contributed by atoms with Crippen molar-refractivity contribution in [1.82, 2.24) is 24.9 Å². The molecule has 3 aromatic heterocycles. The van der Waals surface area contributed by atoms with Crippen LogP contribution in [0.5, 0.6) is 0 Å². The van der Waals surface area contributed by atoms with Crippen LogP contribution in [0.3, 0.4) is 0 Å². The fourth-order valence-corrected chi connectivity index (χ4v) is 4.88. The van der Waals surface area contributed by atoms with E-state index in [9.17, 15) is 0 Å². The molecule has 10 heteroatoms. The predicted molar refractivity (Wildman–Crippen MR) is 115 cm³/mol. The van der Waals surface area contributed by atoms with Crippen LogP contribution in [-0.2, 0) is 5.75 Å². The summed E-state index contributed by atoms with van der Waals surface area (Å²) in [6, 6.07) is 11.7. The lowest BCUT2D eigenvalue weighted by atomic mass is 10.3. The summed E-state index contributed by atoms with van der Waals surface area (Å²) in [5.74, 6) is 2.53. The van der Waals surface area contributed by atoms with Gasteiger partial charge in [-0.2, -0.15) is 4.98 Å². The highest BCUT2D eigenvalue weighted by atomic mass is 35.5. The molecule has 1 fully saturated rings. The first-order valence-corrected chi connectivity index (χ1v) is 11.5. The van der Waals surface area contributed by atoms with E-state index in [1.165, 1.54) is 24.6 Å². The minimum Gasteiger partial charge on any atom is -0.341 e. The summed E-state index contributed by atoms with van der Waals surface area (Å²) in [5, 5.41) is 16.4. The third kappa shape index (κ3) is 3.90. The lowest BCUT2D eigenvalue weighted by Crippen LogP contribution is -2.22. The van der Waals surface area contributed by atoms with Crippen molar-refractivity contribution >= 4 is 40.6 Å². The molecular weight excluding hydrogens is 428 g/mol. The van der Waals surface area contributed by atoms with E-state index >= 15 is 0 Å². The third-order valence-electron chi connectivity index (χ3n) is 4.61. The summed E-state index contributed by atoms with van der Waals surface area (Å²) in [6.07, 6.45) is 2.33. The molecular formula is C19H17ClN6OS2. The van der Waals surface area contributed by atoms with Crippen molar-refractivity contribution in [1.29, 1.82) is 0 Å². The normalized spacial score (nSPS) is 14.0. The zero-order valence-electron chi connectivity index (χ0n) is 15.4. The summed E-state index contributed by atoms with van der Waals surface area (Å²) < 4.78 is 7.47. The molecule has 1 aliphatic heterocycles. The Kier molecular flexibility index (Phi) is 5.26. The van der Waals surface area contributed by atoms with Gasteiger partial charge in [-0.25, -0.2) is 0 Å². The molecule has 0 saturated carbocycles. The summed E-state index contributed by atoms with van der Waals surface area (Å²) in [5.41, 5.74) is 0.941. The van der Waals surface area contributed by atoms with Crippen LogP contribution in [0.25, 0.3) is 16.4 Å². The lowest BCUT2D eigenvalue weighted by molar-refractivity contribution is 0.391. The largest absolute Gasteiger partial charge is 0.341 e. The van der Waals surface area contributed by atoms with Gasteiger partial charge in [0.1, 0.15) is 0 Å². The van der Waals surface area contributed by atoms with E-state index in [1.54, 1.807) is 11.3 Å². The molecule has 0 amide bonds. The number of nitrogens with zero attached hydrogens (tertiary/aromatic N) is 6. The Bertz CT molecular complexity index is 1100. The Morgan fingerprint density at radius 2 is 2.03 bits per heavy atom. The molecule has 4 heterocycles. The Morgan fingerprint density at radius 1 is 1.14 bits per heavy atom. The smallest absolute Gasteiger partial charge is 0.237 e. The van der Waals surface area contributed by atoms with Crippen molar-refractivity contribution in [2.24, 2.45) is 0 Å². The molecule has 148 valence electrons. The van der Waals surface area contributed by atoms with Gasteiger partial charge in [0.15, 0.2) is 5.16 Å². The van der Waals surface area contributed by atoms with E-state index in [2.05, 4.69) is 29.8 Å². The van der Waals surface area contributed by atoms with Gasteiger partial charge in [-0.3, -0.25) is 4.57 Å². The van der Waals surface area contributed by atoms with Gasteiger partial charge in [0.25, 0.3) is 0 Å². The van der Waals surface area contributed by atoms with E-state index in [4.69, 9.17) is 16.1 Å². The predicted octanol–water partition coefficient (Wildman–Crippen LogP) is 4.92. The van der Waals surface area contributed by atoms with Gasteiger partial charge in [-0.05, 0) is 42.5 Å². The van der Waals surface area contributed by atoms with Crippen LogP contribution in [-0.4, -0.2) is 38.0 Å². The van der Waals surface area contributed by atoms with Crippen molar-refractivity contribution in [3.63, 3.8) is 0 Å². The first kappa shape index (κ1) is 18.7. The van der Waals surface area contributed by atoms with Crippen molar-refractivity contribution < 1.29 is 4.52 Å². The summed E-state index contributed by atoms with van der Waals surface area (Å²) >= 11 is 9.35. The van der Waals surface area contributed by atoms with Crippen LogP contribution in [0.15, 0.2) is 51.5 Å². The highest BCUT2D eigenvalue weighted by Crippen LogP contribution is 2.31. The molecule has 0 atom stereocenters. The van der Waals surface area contributed by atoms with Gasteiger partial charge in [0, 0.05) is 18.1 Å². The molecule has 4 aromatic rings. The van der Waals surface area contributed by atoms with Gasteiger partial charge in [0.2, 0.25) is 17.7 Å². The van der Waals surface area contributed by atoms with E-state index in [1.807, 2.05) is 41.8 Å². The van der Waals surface area contributed by atoms with Crippen LogP contribution < -0.4 is 4.90 Å². The molecule has 0 bridgehead atoms. The standard InChI is InChI=1S/C19H17ClN6OS2/c20-13-5-3-6-14(11-13)26-18(25-8-1-2-9-25)22-23-19(26)29-12-16-21-17(24-27-16)15-7-4-10-28-15/h3-7,10-11H,1-2,8-9,12H2. The van der Waals surface area contributed by atoms with Crippen molar-refractivity contribution in [3.8, 4) is 16.4 Å². The molecule has 1 aromatic carbocycles. The molecule has 0 N–H and O–H groups in total. The maximum absolute atomic E-state index is 6.24. The second kappa shape index (κ2) is 8.17. The van der Waals surface area contributed by atoms with Gasteiger partial charge in [-0.1, -0.05) is 40.7 Å². The minimum absolute atomic E-state index is 0.511. The summed E-state index contributed by atoms with van der Waals surface area (Å²) in [6.45, 7) is 1.97. The fraction of sp³-hybridized carbons (Fsp3) is 0.263. The zero-order valence-corrected chi connectivity index (χ0v) is 17.8. The van der Waals surface area contributed by atoms with E-state index in [0.29, 0.717) is 22.5 Å². The van der Waals surface area contributed by atoms with Gasteiger partial charge >= 0.3 is 0 Å². The van der Waals surface area contributed by atoms with Crippen LogP contribution in [0, 0.1) is 0 Å². The number of aromatic nitrogens is 5. The molecule has 1 saturated heterocycles. The molecule has 0 radical (unpaired) electrons. The molecule has 29 heavy (non-hydrogen) atoms. The highest BCUT2D eigenvalue weighted by Gasteiger charge is 2.23. The van der Waals surface area contributed by atoms with Gasteiger partial charge in [0.05, 0.1) is 16.3 Å². The molecule has 0 aliphatic carbocycles. The SMILES string of the molecule is Clc1cccc(-n2c(SCc3nc(-c4cccs4)no3)nnc2N2CCCC2)c1. The van der Waals surface area contributed by atoms with Crippen molar-refractivity contribution in [2.45, 2.75) is 23.8 Å². The van der Waals surface area contributed by atoms with Crippen LogP contribution in [0.4, 0.5) is 5.95 Å². The molecule has 5 rings (SSSR count). The summed E-state index contributed by atoms with van der Waals surface area (Å²) in [4.78, 5) is 7.74. The molecule has 0 unspecified atom stereocenters. The number of hydrogen-bond acceptors (Lipinski definition) is 8. The number of hydrogen-bond donors (Lipinski definition) is 0. The topological polar surface area (TPSA) is 72.9 Å². The average molecular weight is 445 g/mol. The van der Waals surface area contributed by atoms with E-state index in [-0.39, 0.29) is 0 Å². The van der Waals surface area contributed by atoms with Crippen molar-refractivity contribution in [3.05, 3.63) is 52.7 Å². The Hall–Kier alpha value is -2.36. The van der Waals surface area contributed by atoms with Crippen LogP contribution in [0.1, 0.15) is 18.7 Å². The maximum atomic E-state index is 6.24. The van der Waals surface area contributed by atoms with Gasteiger partial charge in [-0.15, -0.1) is 21.5 Å². The van der Waals surface area contributed by atoms with Gasteiger partial charge < -0.3 is 9.42 Å². The Balaban J connectivity index is 1.42. The van der Waals surface area contributed by atoms with Crippen molar-refractivity contribution in [2.75, 3.05) is 18.0 Å². The number of thiophene rings is 1. The number of thioether (sulfide) groups is 1. The zero-order chi connectivity index (χ0) is 19.6. The third-order valence-corrected chi connectivity index (χ3v) is 6.62. The first-order valence-electron chi connectivity index (χ1n) is 9.23. The summed E-state index contributed by atoms with van der Waals surface area (Å²) in [7, 11) is 0. The number of benzene rings is 1. The van der Waals surface area contributed by atoms with E-state index in [0.717, 1.165) is 34.8 Å². The second-order valence-corrected chi connectivity index (χ2v) is 8.90. The quantitative estimate of drug-likeness (QED) is 0.390. The molecule has 0 spiro atoms. The minimum atomic E-state index is 0.511. The number of rotatable bonds is 6. The Morgan fingerprint density at radius 3 is 2.83 bits per heavy atom. The highest BCUT2D eigenvalue weighted by molar-refractivity contribution is 7.98. The van der Waals surface area contributed by atoms with Crippen LogP contribution >= 0.6 is 34.7 Å². The fourth-order valence-electron chi connectivity index (χ4n) is 3.26. The number of anilines is 1. The maximum Gasteiger partial charge on any atom is 0.237 e. The monoisotopic (exact) mass is 444 g/mol. The average Bonchev–Trinajstić information content (AvgIpc) is 3.53. The van der Waals surface area contributed by atoms with Crippen LogP contribution in [0.2, 0.25) is 5.02 Å². The molecule has 7 nitrogen and oxygen atoms in total.